The lowest BCUT2D eigenvalue weighted by atomic mass is 9.97. The van der Waals surface area contributed by atoms with Gasteiger partial charge < -0.3 is 4.90 Å². The second kappa shape index (κ2) is 11.7. The SMILES string of the molecule is c1cc(-c2cccc3ccccc23)cc(N(c2ccc(-c3cccc4ccccc34)cc2)c2ccc3sc4cc5ccccc5cc4c3c2)c1. The summed E-state index contributed by atoms with van der Waals surface area (Å²) < 4.78 is 2.62. The number of anilines is 3. The lowest BCUT2D eigenvalue weighted by molar-refractivity contribution is 1.29. The predicted octanol–water partition coefficient (Wildman–Crippen LogP) is 14.3. The Morgan fingerprint density at radius 1 is 0.300 bits per heavy atom. The standard InChI is InChI=1S/C48H31NS/c1-2-13-36-30-48-45(29-35(36)12-1)46-31-40(26-27-47(46)50-48)49(38-24-22-34(23-25-38)43-20-8-14-32-10-3-5-18-41(32)43)39-17-7-16-37(28-39)44-21-9-15-33-11-4-6-19-42(33)44/h1-31H. The minimum atomic E-state index is 1.12. The normalized spacial score (nSPS) is 11.6. The summed E-state index contributed by atoms with van der Waals surface area (Å²) in [7, 11) is 0. The highest BCUT2D eigenvalue weighted by atomic mass is 32.1. The van der Waals surface area contributed by atoms with Gasteiger partial charge in [0, 0.05) is 37.2 Å². The van der Waals surface area contributed by atoms with Crippen molar-refractivity contribution < 1.29 is 0 Å². The Kier molecular flexibility index (Phi) is 6.75. The third-order valence-electron chi connectivity index (χ3n) is 10.0. The molecule has 0 atom stereocenters. The summed E-state index contributed by atoms with van der Waals surface area (Å²) in [5, 5.41) is 10.2. The highest BCUT2D eigenvalue weighted by Gasteiger charge is 2.17. The van der Waals surface area contributed by atoms with Crippen molar-refractivity contribution in [2.75, 3.05) is 4.90 Å². The van der Waals surface area contributed by atoms with Crippen LogP contribution in [0.15, 0.2) is 188 Å². The first-order valence-electron chi connectivity index (χ1n) is 17.1. The Bertz CT molecular complexity index is 2870. The number of hydrogen-bond acceptors (Lipinski definition) is 2. The third-order valence-corrected chi connectivity index (χ3v) is 11.1. The van der Waals surface area contributed by atoms with Gasteiger partial charge in [-0.3, -0.25) is 0 Å². The summed E-state index contributed by atoms with van der Waals surface area (Å²) in [5.74, 6) is 0. The van der Waals surface area contributed by atoms with Crippen LogP contribution in [0.3, 0.4) is 0 Å². The zero-order chi connectivity index (χ0) is 33.0. The molecule has 10 aromatic rings. The number of thiophene rings is 1. The van der Waals surface area contributed by atoms with E-state index < -0.39 is 0 Å². The molecule has 0 saturated carbocycles. The molecule has 0 unspecified atom stereocenters. The van der Waals surface area contributed by atoms with Crippen LogP contribution in [0.25, 0.3) is 74.7 Å². The topological polar surface area (TPSA) is 3.24 Å². The lowest BCUT2D eigenvalue weighted by Gasteiger charge is -2.26. The van der Waals surface area contributed by atoms with Crippen LogP contribution in [0.4, 0.5) is 17.1 Å². The van der Waals surface area contributed by atoms with Crippen LogP contribution in [0.2, 0.25) is 0 Å². The van der Waals surface area contributed by atoms with E-state index in [1.165, 1.54) is 74.7 Å². The molecule has 2 heteroatoms. The maximum absolute atomic E-state index is 2.41. The summed E-state index contributed by atoms with van der Waals surface area (Å²) in [5.41, 5.74) is 8.27. The Hall–Kier alpha value is -6.22. The van der Waals surface area contributed by atoms with E-state index in [9.17, 15) is 0 Å². The van der Waals surface area contributed by atoms with Gasteiger partial charge in [-0.1, -0.05) is 133 Å². The summed E-state index contributed by atoms with van der Waals surface area (Å²) in [6.07, 6.45) is 0. The van der Waals surface area contributed by atoms with E-state index >= 15 is 0 Å². The fraction of sp³-hybridized carbons (Fsp3) is 0. The molecule has 1 nitrogen and oxygen atoms in total. The van der Waals surface area contributed by atoms with E-state index in [2.05, 4.69) is 193 Å². The first-order chi connectivity index (χ1) is 24.8. The predicted molar refractivity (Wildman–Crippen MR) is 217 cm³/mol. The summed E-state index contributed by atoms with van der Waals surface area (Å²) in [6.45, 7) is 0. The van der Waals surface area contributed by atoms with Crippen LogP contribution in [0, 0.1) is 0 Å². The van der Waals surface area contributed by atoms with Crippen molar-refractivity contribution in [2.24, 2.45) is 0 Å². The number of fused-ring (bicyclic) bond motifs is 6. The Morgan fingerprint density at radius 2 is 0.840 bits per heavy atom. The Labute approximate surface area is 294 Å². The summed E-state index contributed by atoms with van der Waals surface area (Å²) in [4.78, 5) is 2.41. The van der Waals surface area contributed by atoms with E-state index in [1.807, 2.05) is 11.3 Å². The molecule has 0 aliphatic heterocycles. The van der Waals surface area contributed by atoms with Crippen molar-refractivity contribution >= 4 is 80.9 Å². The minimum Gasteiger partial charge on any atom is -0.310 e. The van der Waals surface area contributed by atoms with Crippen molar-refractivity contribution in [1.29, 1.82) is 0 Å². The molecule has 1 heterocycles. The van der Waals surface area contributed by atoms with Gasteiger partial charge in [0.2, 0.25) is 0 Å². The molecule has 0 fully saturated rings. The van der Waals surface area contributed by atoms with Gasteiger partial charge in [0.15, 0.2) is 0 Å². The van der Waals surface area contributed by atoms with E-state index in [-0.39, 0.29) is 0 Å². The van der Waals surface area contributed by atoms with Crippen molar-refractivity contribution in [3.8, 4) is 22.3 Å². The molecule has 234 valence electrons. The average Bonchev–Trinajstić information content (AvgIpc) is 3.53. The van der Waals surface area contributed by atoms with Gasteiger partial charge in [-0.15, -0.1) is 11.3 Å². The monoisotopic (exact) mass is 653 g/mol. The third kappa shape index (κ3) is 4.84. The average molecular weight is 654 g/mol. The van der Waals surface area contributed by atoms with Crippen molar-refractivity contribution in [2.45, 2.75) is 0 Å². The molecule has 0 aliphatic rings. The fourth-order valence-corrected chi connectivity index (χ4v) is 8.71. The molecule has 50 heavy (non-hydrogen) atoms. The molecular formula is C48H31NS. The van der Waals surface area contributed by atoms with Gasteiger partial charge in [-0.05, 0) is 109 Å². The first kappa shape index (κ1) is 28.8. The van der Waals surface area contributed by atoms with E-state index in [1.54, 1.807) is 0 Å². The molecule has 0 aliphatic carbocycles. The highest BCUT2D eigenvalue weighted by Crippen LogP contribution is 2.43. The number of rotatable bonds is 5. The van der Waals surface area contributed by atoms with E-state index in [0.29, 0.717) is 0 Å². The molecule has 0 N–H and O–H groups in total. The van der Waals surface area contributed by atoms with Gasteiger partial charge in [0.1, 0.15) is 0 Å². The quantitative estimate of drug-likeness (QED) is 0.179. The van der Waals surface area contributed by atoms with Gasteiger partial charge in [-0.25, -0.2) is 0 Å². The lowest BCUT2D eigenvalue weighted by Crippen LogP contribution is -2.10. The van der Waals surface area contributed by atoms with Gasteiger partial charge >= 0.3 is 0 Å². The minimum absolute atomic E-state index is 1.12. The van der Waals surface area contributed by atoms with Crippen LogP contribution < -0.4 is 4.90 Å². The number of hydrogen-bond donors (Lipinski definition) is 0. The second-order valence-corrected chi connectivity index (χ2v) is 14.0. The summed E-state index contributed by atoms with van der Waals surface area (Å²) >= 11 is 1.87. The smallest absolute Gasteiger partial charge is 0.0468 e. The van der Waals surface area contributed by atoms with Gasteiger partial charge in [-0.2, -0.15) is 0 Å². The maximum Gasteiger partial charge on any atom is 0.0468 e. The van der Waals surface area contributed by atoms with E-state index in [4.69, 9.17) is 0 Å². The van der Waals surface area contributed by atoms with Crippen LogP contribution in [-0.2, 0) is 0 Å². The number of benzene rings is 9. The van der Waals surface area contributed by atoms with Crippen LogP contribution in [-0.4, -0.2) is 0 Å². The number of nitrogens with zero attached hydrogens (tertiary/aromatic N) is 1. The molecule has 0 bridgehead atoms. The fourth-order valence-electron chi connectivity index (χ4n) is 7.59. The molecule has 0 spiro atoms. The second-order valence-electron chi connectivity index (χ2n) is 13.0. The molecule has 10 rings (SSSR count). The maximum atomic E-state index is 2.41. The molecule has 0 radical (unpaired) electrons. The van der Waals surface area contributed by atoms with Crippen LogP contribution in [0.5, 0.6) is 0 Å². The molecule has 0 amide bonds. The first-order valence-corrected chi connectivity index (χ1v) is 17.9. The molecule has 0 saturated heterocycles. The molecule has 9 aromatic carbocycles. The van der Waals surface area contributed by atoms with Crippen LogP contribution in [0.1, 0.15) is 0 Å². The zero-order valence-electron chi connectivity index (χ0n) is 27.3. The van der Waals surface area contributed by atoms with Gasteiger partial charge in [0.05, 0.1) is 0 Å². The highest BCUT2D eigenvalue weighted by molar-refractivity contribution is 7.25. The van der Waals surface area contributed by atoms with Crippen molar-refractivity contribution in [1.82, 2.24) is 0 Å². The largest absolute Gasteiger partial charge is 0.310 e. The molecule has 1 aromatic heterocycles. The molecular weight excluding hydrogens is 623 g/mol. The van der Waals surface area contributed by atoms with Crippen LogP contribution >= 0.6 is 11.3 Å². The Balaban J connectivity index is 1.15. The Morgan fingerprint density at radius 3 is 1.56 bits per heavy atom. The van der Waals surface area contributed by atoms with Crippen molar-refractivity contribution in [3.05, 3.63) is 188 Å². The zero-order valence-corrected chi connectivity index (χ0v) is 28.1. The van der Waals surface area contributed by atoms with Crippen molar-refractivity contribution in [3.63, 3.8) is 0 Å². The summed E-state index contributed by atoms with van der Waals surface area (Å²) in [6, 6.07) is 68.8. The van der Waals surface area contributed by atoms with E-state index in [0.717, 1.165) is 17.1 Å². The van der Waals surface area contributed by atoms with Gasteiger partial charge in [0.25, 0.3) is 0 Å².